The van der Waals surface area contributed by atoms with Crippen molar-refractivity contribution in [1.82, 2.24) is 9.97 Å². The molecule has 1 rings (SSSR count). The van der Waals surface area contributed by atoms with E-state index in [1.54, 1.807) is 0 Å². The molecule has 1 heterocycles. The maximum Gasteiger partial charge on any atom is 0.273 e. The van der Waals surface area contributed by atoms with E-state index in [4.69, 9.17) is 0 Å². The van der Waals surface area contributed by atoms with Gasteiger partial charge >= 0.3 is 0 Å². The van der Waals surface area contributed by atoms with Gasteiger partial charge in [-0.3, -0.25) is 0 Å². The van der Waals surface area contributed by atoms with E-state index < -0.39 is 5.92 Å². The number of rotatable bonds is 1. The average Bonchev–Trinajstić information content (AvgIpc) is 1.86. The van der Waals surface area contributed by atoms with E-state index in [-0.39, 0.29) is 10.3 Å². The van der Waals surface area contributed by atoms with Crippen LogP contribution in [0.1, 0.15) is 12.5 Å². The molecule has 0 aliphatic heterocycles. The Morgan fingerprint density at radius 3 is 2.64 bits per heavy atom. The molecule has 1 aromatic rings. The summed E-state index contributed by atoms with van der Waals surface area (Å²) in [6.45, 7) is 0.806. The summed E-state index contributed by atoms with van der Waals surface area (Å²) in [5.41, 5.74) is -0.161. The molecule has 60 valence electrons. The van der Waals surface area contributed by atoms with Crippen molar-refractivity contribution in [2.45, 2.75) is 12.8 Å². The number of alkyl halides is 2. The Kier molecular flexibility index (Phi) is 1.99. The predicted molar refractivity (Wildman–Crippen MR) is 39.0 cm³/mol. The first kappa shape index (κ1) is 8.26. The molecule has 0 fully saturated rings. The minimum absolute atomic E-state index is 0.161. The van der Waals surface area contributed by atoms with E-state index in [2.05, 4.69) is 22.2 Å². The summed E-state index contributed by atoms with van der Waals surface area (Å²) in [4.78, 5) is 5.95. The zero-order valence-electron chi connectivity index (χ0n) is 5.77. The Bertz CT molecular complexity index is 282. The van der Waals surface area contributed by atoms with Crippen molar-refractivity contribution in [3.63, 3.8) is 0 Å². The van der Waals surface area contributed by atoms with Crippen molar-refractivity contribution in [3.05, 3.63) is 22.7 Å². The number of H-pyrrole nitrogens is 1. The lowest BCUT2D eigenvalue weighted by Crippen LogP contribution is -2.07. The Morgan fingerprint density at radius 2 is 2.27 bits per heavy atom. The lowest BCUT2D eigenvalue weighted by Gasteiger charge is -2.07. The third kappa shape index (κ3) is 2.04. The number of aromatic amines is 1. The third-order valence-corrected chi connectivity index (χ3v) is 1.40. The van der Waals surface area contributed by atoms with Gasteiger partial charge in [0.25, 0.3) is 5.92 Å². The standard InChI is InChI=1S/C6H6F2N2S/c1-6(7,8)4-2-9-5(11)10-3-4/h2-3H,1H3,(H,9,10,11). The van der Waals surface area contributed by atoms with Crippen LogP contribution in [0.5, 0.6) is 0 Å². The van der Waals surface area contributed by atoms with E-state index in [9.17, 15) is 8.78 Å². The van der Waals surface area contributed by atoms with E-state index in [0.29, 0.717) is 0 Å². The fourth-order valence-electron chi connectivity index (χ4n) is 0.582. The van der Waals surface area contributed by atoms with Gasteiger partial charge in [0, 0.05) is 19.3 Å². The first-order chi connectivity index (χ1) is 5.00. The van der Waals surface area contributed by atoms with E-state index in [0.717, 1.165) is 19.3 Å². The highest BCUT2D eigenvalue weighted by atomic mass is 32.1. The van der Waals surface area contributed by atoms with Crippen LogP contribution in [0.2, 0.25) is 0 Å². The number of nitrogens with one attached hydrogen (secondary N) is 1. The van der Waals surface area contributed by atoms with Crippen LogP contribution in [-0.4, -0.2) is 9.97 Å². The Hall–Kier alpha value is -0.840. The molecule has 2 nitrogen and oxygen atoms in total. The first-order valence-corrected chi connectivity index (χ1v) is 3.34. The van der Waals surface area contributed by atoms with Crippen molar-refractivity contribution < 1.29 is 8.78 Å². The quantitative estimate of drug-likeness (QED) is 0.665. The van der Waals surface area contributed by atoms with Crippen LogP contribution in [0.3, 0.4) is 0 Å². The summed E-state index contributed by atoms with van der Waals surface area (Å²) in [6.07, 6.45) is 2.23. The van der Waals surface area contributed by atoms with Crippen LogP contribution in [0.25, 0.3) is 0 Å². The fourth-order valence-corrected chi connectivity index (χ4v) is 0.694. The van der Waals surface area contributed by atoms with Crippen LogP contribution in [0.15, 0.2) is 12.4 Å². The normalized spacial score (nSPS) is 11.5. The molecule has 0 saturated heterocycles. The molecule has 0 atom stereocenters. The zero-order valence-corrected chi connectivity index (χ0v) is 6.58. The smallest absolute Gasteiger partial charge is 0.273 e. The molecule has 5 heteroatoms. The Balaban J connectivity index is 3.09. The van der Waals surface area contributed by atoms with Crippen LogP contribution >= 0.6 is 12.2 Å². The molecule has 0 aliphatic carbocycles. The number of hydrogen-bond donors (Lipinski definition) is 1. The predicted octanol–water partition coefficient (Wildman–Crippen LogP) is 2.25. The molecule has 1 aromatic heterocycles. The number of hydrogen-bond acceptors (Lipinski definition) is 2. The third-order valence-electron chi connectivity index (χ3n) is 1.18. The van der Waals surface area contributed by atoms with Crippen LogP contribution in [0.4, 0.5) is 8.78 Å². The van der Waals surface area contributed by atoms with Gasteiger partial charge in [-0.25, -0.2) is 13.8 Å². The molecule has 0 radical (unpaired) electrons. The largest absolute Gasteiger partial charge is 0.337 e. The first-order valence-electron chi connectivity index (χ1n) is 2.93. The number of halogens is 2. The van der Waals surface area contributed by atoms with Gasteiger partial charge in [-0.2, -0.15) is 0 Å². The lowest BCUT2D eigenvalue weighted by molar-refractivity contribution is 0.0167. The van der Waals surface area contributed by atoms with Crippen molar-refractivity contribution in [2.75, 3.05) is 0 Å². The molecule has 11 heavy (non-hydrogen) atoms. The lowest BCUT2D eigenvalue weighted by atomic mass is 10.2. The van der Waals surface area contributed by atoms with Gasteiger partial charge in [-0.1, -0.05) is 0 Å². The van der Waals surface area contributed by atoms with Gasteiger partial charge in [0.1, 0.15) is 0 Å². The summed E-state index contributed by atoms with van der Waals surface area (Å²) < 4.78 is 25.2. The van der Waals surface area contributed by atoms with Gasteiger partial charge in [0.05, 0.1) is 5.56 Å². The Labute approximate surface area is 67.3 Å². The number of nitrogens with zero attached hydrogens (tertiary/aromatic N) is 1. The molecular weight excluding hydrogens is 170 g/mol. The second kappa shape index (κ2) is 2.65. The zero-order chi connectivity index (χ0) is 8.48. The van der Waals surface area contributed by atoms with Gasteiger partial charge < -0.3 is 4.98 Å². The van der Waals surface area contributed by atoms with E-state index >= 15 is 0 Å². The van der Waals surface area contributed by atoms with Crippen LogP contribution in [0, 0.1) is 4.77 Å². The molecule has 0 spiro atoms. The van der Waals surface area contributed by atoms with Gasteiger partial charge in [-0.05, 0) is 12.2 Å². The number of aromatic nitrogens is 2. The molecule has 1 N–H and O–H groups in total. The van der Waals surface area contributed by atoms with Crippen LogP contribution in [-0.2, 0) is 5.92 Å². The van der Waals surface area contributed by atoms with Crippen molar-refractivity contribution in [3.8, 4) is 0 Å². The fraction of sp³-hybridized carbons (Fsp3) is 0.333. The molecule has 0 aromatic carbocycles. The van der Waals surface area contributed by atoms with E-state index in [1.807, 2.05) is 0 Å². The summed E-state index contributed by atoms with van der Waals surface area (Å²) in [6, 6.07) is 0. The highest BCUT2D eigenvalue weighted by molar-refractivity contribution is 7.71. The van der Waals surface area contributed by atoms with Crippen molar-refractivity contribution >= 4 is 12.2 Å². The summed E-state index contributed by atoms with van der Waals surface area (Å²) in [5, 5.41) is 0. The highest BCUT2D eigenvalue weighted by Crippen LogP contribution is 2.24. The SMILES string of the molecule is CC(F)(F)c1cnc(=S)[nH]c1. The summed E-state index contributed by atoms with van der Waals surface area (Å²) in [5.74, 6) is -2.85. The Morgan fingerprint density at radius 1 is 1.64 bits per heavy atom. The summed E-state index contributed by atoms with van der Waals surface area (Å²) >= 11 is 4.58. The topological polar surface area (TPSA) is 28.7 Å². The molecular formula is C6H6F2N2S. The van der Waals surface area contributed by atoms with E-state index in [1.165, 1.54) is 0 Å². The molecule has 0 unspecified atom stereocenters. The van der Waals surface area contributed by atoms with Gasteiger partial charge in [-0.15, -0.1) is 0 Å². The maximum absolute atomic E-state index is 12.5. The van der Waals surface area contributed by atoms with Crippen molar-refractivity contribution in [2.24, 2.45) is 0 Å². The molecule has 0 amide bonds. The highest BCUT2D eigenvalue weighted by Gasteiger charge is 2.24. The second-order valence-corrected chi connectivity index (χ2v) is 2.58. The minimum atomic E-state index is -2.85. The molecule has 0 aliphatic rings. The molecule has 0 bridgehead atoms. The summed E-state index contributed by atoms with van der Waals surface area (Å²) in [7, 11) is 0. The average molecular weight is 176 g/mol. The van der Waals surface area contributed by atoms with Crippen LogP contribution < -0.4 is 0 Å². The molecule has 0 saturated carbocycles. The van der Waals surface area contributed by atoms with Crippen molar-refractivity contribution in [1.29, 1.82) is 0 Å². The van der Waals surface area contributed by atoms with Gasteiger partial charge in [0.15, 0.2) is 4.77 Å². The maximum atomic E-state index is 12.5. The monoisotopic (exact) mass is 176 g/mol. The second-order valence-electron chi connectivity index (χ2n) is 2.20. The minimum Gasteiger partial charge on any atom is -0.337 e. The van der Waals surface area contributed by atoms with Gasteiger partial charge in [0.2, 0.25) is 0 Å².